The lowest BCUT2D eigenvalue weighted by molar-refractivity contribution is -0.114. The second kappa shape index (κ2) is 4.09. The summed E-state index contributed by atoms with van der Waals surface area (Å²) in [4.78, 5) is 10.9. The number of rotatable bonds is 1. The van der Waals surface area contributed by atoms with Crippen LogP contribution in [0.15, 0.2) is 10.5 Å². The molecular formula is C10H11BrFNO. The summed E-state index contributed by atoms with van der Waals surface area (Å²) in [6.07, 6.45) is 0. The lowest BCUT2D eigenvalue weighted by Crippen LogP contribution is -2.09. The van der Waals surface area contributed by atoms with Crippen LogP contribution in [0.2, 0.25) is 0 Å². The number of aryl methyl sites for hydroxylation is 2. The van der Waals surface area contributed by atoms with Crippen molar-refractivity contribution in [2.75, 3.05) is 5.32 Å². The van der Waals surface area contributed by atoms with Gasteiger partial charge in [0.15, 0.2) is 0 Å². The van der Waals surface area contributed by atoms with Crippen molar-refractivity contribution in [3.8, 4) is 0 Å². The normalized spacial score (nSPS) is 10.1. The molecule has 4 heteroatoms. The van der Waals surface area contributed by atoms with Crippen LogP contribution < -0.4 is 5.32 Å². The summed E-state index contributed by atoms with van der Waals surface area (Å²) in [6.45, 7) is 4.90. The van der Waals surface area contributed by atoms with E-state index < -0.39 is 0 Å². The van der Waals surface area contributed by atoms with E-state index in [9.17, 15) is 9.18 Å². The van der Waals surface area contributed by atoms with Gasteiger partial charge < -0.3 is 5.32 Å². The number of hydrogen-bond donors (Lipinski definition) is 1. The molecule has 1 rings (SSSR count). The number of amides is 1. The van der Waals surface area contributed by atoms with Gasteiger partial charge in [0, 0.05) is 6.92 Å². The molecule has 0 aliphatic rings. The molecule has 0 unspecified atom stereocenters. The van der Waals surface area contributed by atoms with Crippen molar-refractivity contribution in [1.82, 2.24) is 0 Å². The zero-order chi connectivity index (χ0) is 10.9. The molecule has 0 aliphatic heterocycles. The van der Waals surface area contributed by atoms with Gasteiger partial charge in [0.1, 0.15) is 5.82 Å². The van der Waals surface area contributed by atoms with Gasteiger partial charge in [-0.25, -0.2) is 4.39 Å². The minimum absolute atomic E-state index is 0.211. The lowest BCUT2D eigenvalue weighted by Gasteiger charge is -2.11. The summed E-state index contributed by atoms with van der Waals surface area (Å²) < 4.78 is 13.7. The molecule has 1 N–H and O–H groups in total. The number of carbonyl (C=O) groups excluding carboxylic acids is 1. The molecule has 0 saturated carbocycles. The highest BCUT2D eigenvalue weighted by Gasteiger charge is 2.12. The average Bonchev–Trinajstić information content (AvgIpc) is 2.09. The van der Waals surface area contributed by atoms with E-state index in [1.807, 2.05) is 6.92 Å². The molecule has 0 heterocycles. The summed E-state index contributed by atoms with van der Waals surface area (Å²) in [7, 11) is 0. The molecule has 0 bridgehead atoms. The Morgan fingerprint density at radius 1 is 1.43 bits per heavy atom. The van der Waals surface area contributed by atoms with Gasteiger partial charge in [-0.05, 0) is 40.9 Å². The Labute approximate surface area is 90.6 Å². The fourth-order valence-corrected chi connectivity index (χ4v) is 1.97. The van der Waals surface area contributed by atoms with Crippen LogP contribution in [-0.4, -0.2) is 5.91 Å². The summed E-state index contributed by atoms with van der Waals surface area (Å²) >= 11 is 3.12. The third kappa shape index (κ3) is 2.12. The SMILES string of the molecule is CC(=O)Nc1c(C)cc(C)c(F)c1Br. The molecule has 1 aromatic rings. The van der Waals surface area contributed by atoms with E-state index in [-0.39, 0.29) is 11.7 Å². The Bertz CT molecular complexity index is 390. The molecule has 0 aliphatic carbocycles. The van der Waals surface area contributed by atoms with Crippen LogP contribution in [0, 0.1) is 19.7 Å². The second-order valence-corrected chi connectivity index (χ2v) is 3.99. The summed E-state index contributed by atoms with van der Waals surface area (Å²) in [5, 5.41) is 2.58. The number of nitrogens with one attached hydrogen (secondary N) is 1. The number of benzene rings is 1. The van der Waals surface area contributed by atoms with Gasteiger partial charge in [0.05, 0.1) is 10.2 Å². The van der Waals surface area contributed by atoms with Crippen molar-refractivity contribution in [3.05, 3.63) is 27.5 Å². The molecule has 0 radical (unpaired) electrons. The number of hydrogen-bond acceptors (Lipinski definition) is 1. The first-order chi connectivity index (χ1) is 6.43. The maximum atomic E-state index is 13.4. The summed E-state index contributed by atoms with van der Waals surface area (Å²) in [5.74, 6) is -0.545. The topological polar surface area (TPSA) is 29.1 Å². The molecule has 0 atom stereocenters. The highest BCUT2D eigenvalue weighted by atomic mass is 79.9. The Kier molecular flexibility index (Phi) is 3.26. The van der Waals surface area contributed by atoms with Gasteiger partial charge in [-0.2, -0.15) is 0 Å². The van der Waals surface area contributed by atoms with Crippen molar-refractivity contribution in [1.29, 1.82) is 0 Å². The molecular weight excluding hydrogens is 249 g/mol. The van der Waals surface area contributed by atoms with E-state index in [2.05, 4.69) is 21.2 Å². The number of halogens is 2. The Morgan fingerprint density at radius 3 is 2.50 bits per heavy atom. The van der Waals surface area contributed by atoms with E-state index >= 15 is 0 Å². The Hall–Kier alpha value is -0.900. The van der Waals surface area contributed by atoms with E-state index in [1.165, 1.54) is 6.92 Å². The standard InChI is InChI=1S/C10H11BrFNO/c1-5-4-6(2)10(13-7(3)14)8(11)9(5)12/h4H,1-3H3,(H,13,14). The first-order valence-corrected chi connectivity index (χ1v) is 4.95. The molecule has 1 amide bonds. The monoisotopic (exact) mass is 259 g/mol. The number of anilines is 1. The van der Waals surface area contributed by atoms with Crippen LogP contribution >= 0.6 is 15.9 Å². The fourth-order valence-electron chi connectivity index (χ4n) is 1.25. The van der Waals surface area contributed by atoms with Crippen molar-refractivity contribution < 1.29 is 9.18 Å². The maximum absolute atomic E-state index is 13.4. The quantitative estimate of drug-likeness (QED) is 0.825. The van der Waals surface area contributed by atoms with Crippen molar-refractivity contribution in [2.24, 2.45) is 0 Å². The maximum Gasteiger partial charge on any atom is 0.221 e. The minimum atomic E-state index is -0.334. The predicted molar refractivity (Wildman–Crippen MR) is 57.9 cm³/mol. The zero-order valence-corrected chi connectivity index (χ0v) is 9.83. The average molecular weight is 260 g/mol. The smallest absolute Gasteiger partial charge is 0.221 e. The largest absolute Gasteiger partial charge is 0.325 e. The van der Waals surface area contributed by atoms with Crippen molar-refractivity contribution >= 4 is 27.5 Å². The van der Waals surface area contributed by atoms with Crippen LogP contribution in [0.5, 0.6) is 0 Å². The lowest BCUT2D eigenvalue weighted by atomic mass is 10.1. The van der Waals surface area contributed by atoms with E-state index in [0.29, 0.717) is 15.7 Å². The predicted octanol–water partition coefficient (Wildman–Crippen LogP) is 3.16. The van der Waals surface area contributed by atoms with Crippen molar-refractivity contribution in [3.63, 3.8) is 0 Å². The van der Waals surface area contributed by atoms with E-state index in [4.69, 9.17) is 0 Å². The van der Waals surface area contributed by atoms with Gasteiger partial charge in [-0.3, -0.25) is 4.79 Å². The fraction of sp³-hybridized carbons (Fsp3) is 0.300. The molecule has 2 nitrogen and oxygen atoms in total. The molecule has 76 valence electrons. The Morgan fingerprint density at radius 2 is 2.00 bits per heavy atom. The van der Waals surface area contributed by atoms with Crippen LogP contribution in [-0.2, 0) is 4.79 Å². The highest BCUT2D eigenvalue weighted by molar-refractivity contribution is 9.10. The number of carbonyl (C=O) groups is 1. The first kappa shape index (κ1) is 11.2. The van der Waals surface area contributed by atoms with E-state index in [0.717, 1.165) is 5.56 Å². The molecule has 1 aromatic carbocycles. The van der Waals surface area contributed by atoms with Gasteiger partial charge in [0.25, 0.3) is 0 Å². The molecule has 0 fully saturated rings. The Balaban J connectivity index is 3.29. The van der Waals surface area contributed by atoms with Crippen LogP contribution in [0.4, 0.5) is 10.1 Å². The van der Waals surface area contributed by atoms with Gasteiger partial charge in [-0.15, -0.1) is 0 Å². The van der Waals surface area contributed by atoms with Crippen molar-refractivity contribution in [2.45, 2.75) is 20.8 Å². The minimum Gasteiger partial charge on any atom is -0.325 e. The zero-order valence-electron chi connectivity index (χ0n) is 8.24. The van der Waals surface area contributed by atoms with E-state index in [1.54, 1.807) is 13.0 Å². The summed E-state index contributed by atoms with van der Waals surface area (Å²) in [5.41, 5.74) is 1.90. The van der Waals surface area contributed by atoms with Crippen LogP contribution in [0.1, 0.15) is 18.1 Å². The third-order valence-corrected chi connectivity index (χ3v) is 2.63. The second-order valence-electron chi connectivity index (χ2n) is 3.19. The van der Waals surface area contributed by atoms with Gasteiger partial charge >= 0.3 is 0 Å². The van der Waals surface area contributed by atoms with Crippen LogP contribution in [0.3, 0.4) is 0 Å². The first-order valence-electron chi connectivity index (χ1n) is 4.16. The molecule has 0 aromatic heterocycles. The molecule has 0 saturated heterocycles. The van der Waals surface area contributed by atoms with Gasteiger partial charge in [-0.1, -0.05) is 6.07 Å². The third-order valence-electron chi connectivity index (χ3n) is 1.89. The molecule has 14 heavy (non-hydrogen) atoms. The van der Waals surface area contributed by atoms with Crippen LogP contribution in [0.25, 0.3) is 0 Å². The molecule has 0 spiro atoms. The highest BCUT2D eigenvalue weighted by Crippen LogP contribution is 2.31. The summed E-state index contributed by atoms with van der Waals surface area (Å²) in [6, 6.07) is 1.70. The van der Waals surface area contributed by atoms with Gasteiger partial charge in [0.2, 0.25) is 5.91 Å².